The molecule has 1 aromatic rings. The molecule has 148 valence electrons. The summed E-state index contributed by atoms with van der Waals surface area (Å²) >= 11 is 0. The van der Waals surface area contributed by atoms with Gasteiger partial charge in [-0.2, -0.15) is 0 Å². The molecular formula is C21H30F4O. The summed E-state index contributed by atoms with van der Waals surface area (Å²) in [6, 6.07) is 3.23. The van der Waals surface area contributed by atoms with Gasteiger partial charge in [0.05, 0.1) is 6.10 Å². The number of alkyl halides is 2. The van der Waals surface area contributed by atoms with Crippen LogP contribution in [-0.2, 0) is 4.74 Å². The Bertz CT molecular complexity index is 547. The summed E-state index contributed by atoms with van der Waals surface area (Å²) < 4.78 is 56.5. The lowest BCUT2D eigenvalue weighted by molar-refractivity contribution is -0.0274. The number of rotatable bonds is 3. The van der Waals surface area contributed by atoms with Gasteiger partial charge in [-0.15, -0.1) is 0 Å². The van der Waals surface area contributed by atoms with E-state index in [0.717, 1.165) is 18.8 Å². The Labute approximate surface area is 154 Å². The maximum absolute atomic E-state index is 13.7. The maximum Gasteiger partial charge on any atom is 0.188 e. The fourth-order valence-electron chi connectivity index (χ4n) is 3.83. The maximum atomic E-state index is 13.7. The van der Waals surface area contributed by atoms with Gasteiger partial charge in [0.25, 0.3) is 0 Å². The predicted octanol–water partition coefficient (Wildman–Crippen LogP) is 6.78. The minimum Gasteiger partial charge on any atom is -0.347 e. The molecule has 0 unspecified atom stereocenters. The summed E-state index contributed by atoms with van der Waals surface area (Å²) in [5.41, 5.74) is 0.732. The van der Waals surface area contributed by atoms with Crippen molar-refractivity contribution in [2.24, 2.45) is 5.92 Å². The van der Waals surface area contributed by atoms with Crippen LogP contribution in [0.15, 0.2) is 12.1 Å². The monoisotopic (exact) mass is 374 g/mol. The lowest BCUT2D eigenvalue weighted by Crippen LogP contribution is -2.19. The van der Waals surface area contributed by atoms with E-state index in [4.69, 9.17) is 4.74 Å². The van der Waals surface area contributed by atoms with Gasteiger partial charge in [-0.25, -0.2) is 17.6 Å². The zero-order valence-electron chi connectivity index (χ0n) is 15.7. The van der Waals surface area contributed by atoms with Gasteiger partial charge in [0.1, 0.15) is 6.17 Å². The van der Waals surface area contributed by atoms with E-state index in [1.165, 1.54) is 12.8 Å². The van der Waals surface area contributed by atoms with Crippen molar-refractivity contribution < 1.29 is 22.3 Å². The van der Waals surface area contributed by atoms with Crippen LogP contribution in [0.3, 0.4) is 0 Å². The Balaban J connectivity index is 0.000000209. The Morgan fingerprint density at radius 3 is 2.12 bits per heavy atom. The Morgan fingerprint density at radius 2 is 1.54 bits per heavy atom. The Morgan fingerprint density at radius 1 is 0.923 bits per heavy atom. The molecule has 2 fully saturated rings. The molecule has 26 heavy (non-hydrogen) atoms. The number of halogens is 4. The van der Waals surface area contributed by atoms with Crippen molar-refractivity contribution in [3.63, 3.8) is 0 Å². The van der Waals surface area contributed by atoms with Crippen molar-refractivity contribution >= 4 is 0 Å². The molecule has 0 saturated heterocycles. The highest BCUT2D eigenvalue weighted by Gasteiger charge is 2.25. The topological polar surface area (TPSA) is 9.23 Å². The zero-order valence-corrected chi connectivity index (χ0v) is 15.7. The van der Waals surface area contributed by atoms with Gasteiger partial charge in [-0.1, -0.05) is 19.1 Å². The highest BCUT2D eigenvalue weighted by atomic mass is 19.2. The van der Waals surface area contributed by atoms with Crippen LogP contribution in [0, 0.1) is 24.5 Å². The molecule has 2 saturated carbocycles. The van der Waals surface area contributed by atoms with Gasteiger partial charge in [-0.05, 0) is 81.3 Å². The lowest BCUT2D eigenvalue weighted by Gasteiger charge is -2.25. The molecule has 0 spiro atoms. The molecule has 1 nitrogen and oxygen atoms in total. The smallest absolute Gasteiger partial charge is 0.188 e. The summed E-state index contributed by atoms with van der Waals surface area (Å²) in [7, 11) is 0. The average Bonchev–Trinajstić information content (AvgIpc) is 2.64. The van der Waals surface area contributed by atoms with Crippen LogP contribution in [0.4, 0.5) is 17.6 Å². The van der Waals surface area contributed by atoms with Crippen molar-refractivity contribution in [3.05, 3.63) is 34.9 Å². The molecular weight excluding hydrogens is 344 g/mol. The van der Waals surface area contributed by atoms with Crippen LogP contribution < -0.4 is 0 Å². The first-order valence-electron chi connectivity index (χ1n) is 9.68. The van der Waals surface area contributed by atoms with Crippen molar-refractivity contribution in [1.82, 2.24) is 0 Å². The van der Waals surface area contributed by atoms with Crippen LogP contribution in [0.1, 0.15) is 75.3 Å². The van der Waals surface area contributed by atoms with Crippen molar-refractivity contribution in [1.29, 1.82) is 0 Å². The van der Waals surface area contributed by atoms with E-state index >= 15 is 0 Å². The second-order valence-corrected chi connectivity index (χ2v) is 7.71. The Hall–Kier alpha value is -1.10. The summed E-state index contributed by atoms with van der Waals surface area (Å²) in [4.78, 5) is 0. The fourth-order valence-corrected chi connectivity index (χ4v) is 3.83. The number of hydrogen-bond acceptors (Lipinski definition) is 1. The standard InChI is InChI=1S/C13H15F3.C8H15FO/c1-8-2-7-11(13(16)12(8)15)9-3-5-10(14)6-4-9;1-7-2-4-8(5-3-7)10-6-9/h2,7,9-10H,3-6H2,1H3;7-8H,2-6H2,1H3. The molecule has 0 bridgehead atoms. The van der Waals surface area contributed by atoms with Crippen LogP contribution in [0.5, 0.6) is 0 Å². The molecule has 1 aromatic carbocycles. The summed E-state index contributed by atoms with van der Waals surface area (Å²) in [6.07, 6.45) is 6.07. The Kier molecular flexibility index (Phi) is 8.39. The fraction of sp³-hybridized carbons (Fsp3) is 0.714. The van der Waals surface area contributed by atoms with Crippen LogP contribution >= 0.6 is 0 Å². The van der Waals surface area contributed by atoms with Gasteiger partial charge in [0, 0.05) is 0 Å². The quantitative estimate of drug-likeness (QED) is 0.530. The van der Waals surface area contributed by atoms with Crippen molar-refractivity contribution in [2.75, 3.05) is 6.86 Å². The average molecular weight is 374 g/mol. The number of ether oxygens (including phenoxy) is 1. The van der Waals surface area contributed by atoms with E-state index in [1.54, 1.807) is 19.1 Å². The highest BCUT2D eigenvalue weighted by molar-refractivity contribution is 5.28. The largest absolute Gasteiger partial charge is 0.347 e. The predicted molar refractivity (Wildman–Crippen MR) is 95.7 cm³/mol. The van der Waals surface area contributed by atoms with Gasteiger partial charge >= 0.3 is 0 Å². The molecule has 0 aromatic heterocycles. The lowest BCUT2D eigenvalue weighted by atomic mass is 9.83. The number of aryl methyl sites for hydroxylation is 1. The normalized spacial score (nSPS) is 29.0. The molecule has 3 rings (SSSR count). The third-order valence-corrected chi connectivity index (χ3v) is 5.66. The summed E-state index contributed by atoms with van der Waals surface area (Å²) in [5, 5.41) is 0. The summed E-state index contributed by atoms with van der Waals surface area (Å²) in [6.45, 7) is 3.17. The van der Waals surface area contributed by atoms with E-state index < -0.39 is 24.7 Å². The SMILES string of the molecule is CC1CCC(OCF)CC1.Cc1ccc(C2CCC(F)CC2)c(F)c1F. The first kappa shape index (κ1) is 21.2. The van der Waals surface area contributed by atoms with E-state index in [0.29, 0.717) is 36.8 Å². The third kappa shape index (κ3) is 5.97. The summed E-state index contributed by atoms with van der Waals surface area (Å²) in [5.74, 6) is -0.719. The van der Waals surface area contributed by atoms with Crippen LogP contribution in [0.25, 0.3) is 0 Å². The third-order valence-electron chi connectivity index (χ3n) is 5.66. The molecule has 0 aliphatic heterocycles. The number of benzene rings is 1. The van der Waals surface area contributed by atoms with E-state index in [2.05, 4.69) is 6.92 Å². The minimum atomic E-state index is -0.769. The van der Waals surface area contributed by atoms with Gasteiger partial charge < -0.3 is 4.74 Å². The second kappa shape index (κ2) is 10.3. The first-order valence-corrected chi connectivity index (χ1v) is 9.68. The molecule has 2 aliphatic rings. The van der Waals surface area contributed by atoms with Crippen molar-refractivity contribution in [2.45, 2.75) is 83.4 Å². The molecule has 2 aliphatic carbocycles. The molecule has 0 heterocycles. The minimum absolute atomic E-state index is 0.0258. The molecule has 0 radical (unpaired) electrons. The molecule has 0 amide bonds. The van der Waals surface area contributed by atoms with E-state index in [-0.39, 0.29) is 12.0 Å². The highest BCUT2D eigenvalue weighted by Crippen LogP contribution is 2.36. The van der Waals surface area contributed by atoms with Crippen molar-refractivity contribution in [3.8, 4) is 0 Å². The van der Waals surface area contributed by atoms with E-state index in [1.807, 2.05) is 0 Å². The van der Waals surface area contributed by atoms with Gasteiger partial charge in [-0.3, -0.25) is 0 Å². The molecule has 0 atom stereocenters. The first-order chi connectivity index (χ1) is 12.4. The van der Waals surface area contributed by atoms with Gasteiger partial charge in [0.2, 0.25) is 0 Å². The second-order valence-electron chi connectivity index (χ2n) is 7.71. The molecule has 5 heteroatoms. The molecule has 0 N–H and O–H groups in total. The van der Waals surface area contributed by atoms with E-state index in [9.17, 15) is 17.6 Å². The van der Waals surface area contributed by atoms with Crippen LogP contribution in [0.2, 0.25) is 0 Å². The zero-order chi connectivity index (χ0) is 19.1. The van der Waals surface area contributed by atoms with Crippen LogP contribution in [-0.4, -0.2) is 19.1 Å². The number of hydrogen-bond donors (Lipinski definition) is 0. The van der Waals surface area contributed by atoms with Gasteiger partial charge in [0.15, 0.2) is 18.5 Å².